The van der Waals surface area contributed by atoms with Crippen molar-refractivity contribution in [3.05, 3.63) is 58.8 Å². The minimum absolute atomic E-state index is 0.846. The molecule has 2 nitrogen and oxygen atoms in total. The number of aryl methyl sites for hydroxylation is 1. The quantitative estimate of drug-likeness (QED) is 0.715. The normalized spacial score (nSPS) is 10.6. The molecule has 0 aliphatic rings. The zero-order chi connectivity index (χ0) is 15.5. The summed E-state index contributed by atoms with van der Waals surface area (Å²) in [6.45, 7) is 2.13. The molecule has 3 aromatic rings. The van der Waals surface area contributed by atoms with Crippen molar-refractivity contribution < 1.29 is 4.74 Å². The zero-order valence-corrected chi connectivity index (χ0v) is 13.6. The van der Waals surface area contributed by atoms with Gasteiger partial charge in [-0.3, -0.25) is 0 Å². The van der Waals surface area contributed by atoms with Crippen molar-refractivity contribution in [2.24, 2.45) is 0 Å². The molecule has 0 radical (unpaired) electrons. The van der Waals surface area contributed by atoms with Crippen molar-refractivity contribution >= 4 is 17.0 Å². The first-order valence-electron chi connectivity index (χ1n) is 7.34. The summed E-state index contributed by atoms with van der Waals surface area (Å²) in [5, 5.41) is 2.15. The van der Waals surface area contributed by atoms with Crippen molar-refractivity contribution in [3.8, 4) is 28.0 Å². The molecule has 0 fully saturated rings. The Bertz CT molecular complexity index is 777. The molecule has 22 heavy (non-hydrogen) atoms. The fraction of sp³-hybridized carbons (Fsp3) is 0.158. The second kappa shape index (κ2) is 6.24. The van der Waals surface area contributed by atoms with Crippen LogP contribution in [0.4, 0.5) is 5.69 Å². The van der Waals surface area contributed by atoms with E-state index in [-0.39, 0.29) is 0 Å². The summed E-state index contributed by atoms with van der Waals surface area (Å²) in [4.78, 5) is 1.23. The predicted molar refractivity (Wildman–Crippen MR) is 95.5 cm³/mol. The number of hydrogen-bond donors (Lipinski definition) is 1. The Morgan fingerprint density at radius 1 is 1.00 bits per heavy atom. The van der Waals surface area contributed by atoms with Gasteiger partial charge in [0.15, 0.2) is 0 Å². The number of anilines is 1. The number of methoxy groups -OCH3 is 1. The summed E-state index contributed by atoms with van der Waals surface area (Å²) in [6, 6.07) is 16.5. The van der Waals surface area contributed by atoms with Gasteiger partial charge < -0.3 is 10.5 Å². The van der Waals surface area contributed by atoms with Crippen molar-refractivity contribution in [2.75, 3.05) is 12.8 Å². The molecule has 0 unspecified atom stereocenters. The van der Waals surface area contributed by atoms with Crippen LogP contribution in [0, 0.1) is 0 Å². The van der Waals surface area contributed by atoms with Crippen LogP contribution in [-0.2, 0) is 6.42 Å². The third kappa shape index (κ3) is 2.60. The lowest BCUT2D eigenvalue weighted by Crippen LogP contribution is -1.93. The van der Waals surface area contributed by atoms with Crippen molar-refractivity contribution in [2.45, 2.75) is 13.3 Å². The average Bonchev–Trinajstić information content (AvgIpc) is 2.95. The highest BCUT2D eigenvalue weighted by atomic mass is 32.1. The van der Waals surface area contributed by atoms with Crippen molar-refractivity contribution in [1.82, 2.24) is 0 Å². The lowest BCUT2D eigenvalue weighted by atomic mass is 9.94. The molecule has 0 bridgehead atoms. The third-order valence-electron chi connectivity index (χ3n) is 3.83. The van der Waals surface area contributed by atoms with Crippen LogP contribution in [0.1, 0.15) is 11.8 Å². The number of hydrogen-bond acceptors (Lipinski definition) is 3. The molecule has 0 aliphatic heterocycles. The molecular formula is C19H19NOS. The number of nitrogen functional groups attached to an aromatic ring is 1. The number of benzene rings is 2. The molecule has 112 valence electrons. The second-order valence-corrected chi connectivity index (χ2v) is 6.08. The molecular weight excluding hydrogens is 290 g/mol. The molecule has 2 aromatic carbocycles. The molecule has 3 rings (SSSR count). The first-order chi connectivity index (χ1) is 10.7. The molecule has 0 atom stereocenters. The van der Waals surface area contributed by atoms with Gasteiger partial charge in [-0.2, -0.15) is 0 Å². The lowest BCUT2D eigenvalue weighted by molar-refractivity contribution is 0.415. The van der Waals surface area contributed by atoms with Crippen LogP contribution in [0.2, 0.25) is 0 Å². The van der Waals surface area contributed by atoms with Crippen LogP contribution in [0.5, 0.6) is 5.75 Å². The van der Waals surface area contributed by atoms with E-state index in [4.69, 9.17) is 10.5 Å². The van der Waals surface area contributed by atoms with E-state index in [2.05, 4.69) is 48.7 Å². The van der Waals surface area contributed by atoms with Gasteiger partial charge >= 0.3 is 0 Å². The first-order valence-corrected chi connectivity index (χ1v) is 8.22. The van der Waals surface area contributed by atoms with Gasteiger partial charge in [-0.15, -0.1) is 11.3 Å². The minimum Gasteiger partial charge on any atom is -0.497 e. The SMILES string of the molecule is CCc1scc(-c2cc(OC)ccc2-c2ccccc2)c1N. The summed E-state index contributed by atoms with van der Waals surface area (Å²) in [5.74, 6) is 0.846. The zero-order valence-electron chi connectivity index (χ0n) is 12.8. The maximum Gasteiger partial charge on any atom is 0.119 e. The van der Waals surface area contributed by atoms with E-state index in [9.17, 15) is 0 Å². The number of thiophene rings is 1. The number of ether oxygens (including phenoxy) is 1. The summed E-state index contributed by atoms with van der Waals surface area (Å²) < 4.78 is 5.40. The third-order valence-corrected chi connectivity index (χ3v) is 4.98. The Balaban J connectivity index is 2.22. The minimum atomic E-state index is 0.846. The molecule has 1 aromatic heterocycles. The monoisotopic (exact) mass is 309 g/mol. The molecule has 0 saturated carbocycles. The highest BCUT2D eigenvalue weighted by Crippen LogP contribution is 2.41. The summed E-state index contributed by atoms with van der Waals surface area (Å²) in [6.07, 6.45) is 0.959. The van der Waals surface area contributed by atoms with Gasteiger partial charge in [-0.1, -0.05) is 43.3 Å². The van der Waals surface area contributed by atoms with Gasteiger partial charge in [0, 0.05) is 15.8 Å². The largest absolute Gasteiger partial charge is 0.497 e. The molecule has 0 saturated heterocycles. The van der Waals surface area contributed by atoms with Crippen LogP contribution in [0.15, 0.2) is 53.9 Å². The Hall–Kier alpha value is -2.26. The Morgan fingerprint density at radius 2 is 1.77 bits per heavy atom. The lowest BCUT2D eigenvalue weighted by Gasteiger charge is -2.12. The van der Waals surface area contributed by atoms with E-state index in [1.165, 1.54) is 16.0 Å². The van der Waals surface area contributed by atoms with E-state index < -0.39 is 0 Å². The van der Waals surface area contributed by atoms with Gasteiger partial charge in [0.2, 0.25) is 0 Å². The van der Waals surface area contributed by atoms with Crippen LogP contribution in [0.3, 0.4) is 0 Å². The Labute approximate surface area is 135 Å². The van der Waals surface area contributed by atoms with Crippen LogP contribution in [-0.4, -0.2) is 7.11 Å². The number of rotatable bonds is 4. The Morgan fingerprint density at radius 3 is 2.41 bits per heavy atom. The smallest absolute Gasteiger partial charge is 0.119 e. The maximum absolute atomic E-state index is 6.35. The summed E-state index contributed by atoms with van der Waals surface area (Å²) in [7, 11) is 1.69. The molecule has 0 amide bonds. The standard InChI is InChI=1S/C19H19NOS/c1-3-18-19(20)17(12-22-18)16-11-14(21-2)9-10-15(16)13-7-5-4-6-8-13/h4-12H,3,20H2,1-2H3. The number of nitrogens with two attached hydrogens (primary N) is 1. The fourth-order valence-corrected chi connectivity index (χ4v) is 3.55. The second-order valence-electron chi connectivity index (χ2n) is 5.12. The van der Waals surface area contributed by atoms with Gasteiger partial charge in [-0.05, 0) is 35.2 Å². The van der Waals surface area contributed by atoms with Crippen molar-refractivity contribution in [1.29, 1.82) is 0 Å². The fourth-order valence-electron chi connectivity index (χ4n) is 2.63. The van der Waals surface area contributed by atoms with Crippen LogP contribution in [0.25, 0.3) is 22.3 Å². The van der Waals surface area contributed by atoms with Crippen molar-refractivity contribution in [3.63, 3.8) is 0 Å². The molecule has 2 N–H and O–H groups in total. The summed E-state index contributed by atoms with van der Waals surface area (Å²) >= 11 is 1.72. The summed E-state index contributed by atoms with van der Waals surface area (Å²) in [5.41, 5.74) is 11.8. The van der Waals surface area contributed by atoms with E-state index in [1.54, 1.807) is 18.4 Å². The molecule has 0 spiro atoms. The molecule has 1 heterocycles. The van der Waals surface area contributed by atoms with E-state index in [0.717, 1.165) is 29.0 Å². The van der Waals surface area contributed by atoms with Gasteiger partial charge in [-0.25, -0.2) is 0 Å². The first kappa shape index (κ1) is 14.7. The van der Waals surface area contributed by atoms with Gasteiger partial charge in [0.05, 0.1) is 12.8 Å². The highest BCUT2D eigenvalue weighted by molar-refractivity contribution is 7.11. The molecule has 0 aliphatic carbocycles. The van der Waals surface area contributed by atoms with Crippen LogP contribution < -0.4 is 10.5 Å². The van der Waals surface area contributed by atoms with E-state index in [1.807, 2.05) is 12.1 Å². The van der Waals surface area contributed by atoms with E-state index >= 15 is 0 Å². The predicted octanol–water partition coefficient (Wildman–Crippen LogP) is 5.24. The Kier molecular flexibility index (Phi) is 4.16. The molecule has 3 heteroatoms. The highest BCUT2D eigenvalue weighted by Gasteiger charge is 2.14. The average molecular weight is 309 g/mol. The van der Waals surface area contributed by atoms with Crippen LogP contribution >= 0.6 is 11.3 Å². The topological polar surface area (TPSA) is 35.2 Å². The van der Waals surface area contributed by atoms with Gasteiger partial charge in [0.1, 0.15) is 5.75 Å². The van der Waals surface area contributed by atoms with E-state index in [0.29, 0.717) is 0 Å². The maximum atomic E-state index is 6.35. The van der Waals surface area contributed by atoms with Gasteiger partial charge in [0.25, 0.3) is 0 Å².